The molecule has 1 aromatic heterocycles. The van der Waals surface area contributed by atoms with E-state index in [0.717, 1.165) is 22.2 Å². The molecule has 0 unspecified atom stereocenters. The van der Waals surface area contributed by atoms with Crippen LogP contribution in [0.3, 0.4) is 0 Å². The van der Waals surface area contributed by atoms with Crippen LogP contribution in [0.4, 0.5) is 16.5 Å². The van der Waals surface area contributed by atoms with Gasteiger partial charge in [0, 0.05) is 16.8 Å². The lowest BCUT2D eigenvalue weighted by molar-refractivity contribution is -0.114. The van der Waals surface area contributed by atoms with Crippen molar-refractivity contribution in [3.8, 4) is 0 Å². The monoisotopic (exact) mass is 365 g/mol. The zero-order valence-electron chi connectivity index (χ0n) is 15.3. The first kappa shape index (κ1) is 18.1. The average Bonchev–Trinajstić information content (AvgIpc) is 3.07. The van der Waals surface area contributed by atoms with Gasteiger partial charge in [-0.25, -0.2) is 4.98 Å². The summed E-state index contributed by atoms with van der Waals surface area (Å²) in [6.07, 6.45) is 0. The van der Waals surface area contributed by atoms with Gasteiger partial charge in [0.2, 0.25) is 5.91 Å². The van der Waals surface area contributed by atoms with Crippen LogP contribution in [0, 0.1) is 6.92 Å². The lowest BCUT2D eigenvalue weighted by atomic mass is 10.0. The molecule has 26 heavy (non-hydrogen) atoms. The number of thiazole rings is 1. The van der Waals surface area contributed by atoms with Crippen LogP contribution in [0.5, 0.6) is 0 Å². The number of hydrogen-bond donors (Lipinski definition) is 1. The number of carbonyl (C=O) groups is 1. The van der Waals surface area contributed by atoms with Crippen LogP contribution >= 0.6 is 11.3 Å². The summed E-state index contributed by atoms with van der Waals surface area (Å²) in [6.45, 7) is 6.48. The molecule has 1 amide bonds. The molecule has 0 aliphatic carbocycles. The Bertz CT molecular complexity index is 856. The largest absolute Gasteiger partial charge is 0.325 e. The molecular weight excluding hydrogens is 342 g/mol. The van der Waals surface area contributed by atoms with E-state index in [1.54, 1.807) is 11.3 Å². The van der Waals surface area contributed by atoms with Crippen molar-refractivity contribution in [2.75, 3.05) is 16.8 Å². The van der Waals surface area contributed by atoms with Crippen LogP contribution in [0.15, 0.2) is 60.0 Å². The molecule has 0 aliphatic rings. The van der Waals surface area contributed by atoms with Gasteiger partial charge >= 0.3 is 0 Å². The third-order valence-electron chi connectivity index (χ3n) is 4.07. The quantitative estimate of drug-likeness (QED) is 0.640. The number of para-hydroxylation sites is 1. The number of aromatic nitrogens is 1. The third-order valence-corrected chi connectivity index (χ3v) is 5.05. The molecule has 0 spiro atoms. The molecule has 2 aromatic carbocycles. The maximum atomic E-state index is 12.6. The number of benzene rings is 2. The molecule has 3 rings (SSSR count). The second kappa shape index (κ2) is 8.15. The minimum Gasteiger partial charge on any atom is -0.325 e. The zero-order valence-corrected chi connectivity index (χ0v) is 16.1. The Hall–Kier alpha value is -2.66. The van der Waals surface area contributed by atoms with Crippen LogP contribution in [-0.2, 0) is 4.79 Å². The van der Waals surface area contributed by atoms with Crippen molar-refractivity contribution in [1.29, 1.82) is 0 Å². The summed E-state index contributed by atoms with van der Waals surface area (Å²) < 4.78 is 0. The smallest absolute Gasteiger partial charge is 0.244 e. The van der Waals surface area contributed by atoms with Gasteiger partial charge in [0.25, 0.3) is 0 Å². The van der Waals surface area contributed by atoms with Crippen molar-refractivity contribution in [3.63, 3.8) is 0 Å². The van der Waals surface area contributed by atoms with Gasteiger partial charge in [-0.05, 0) is 42.7 Å². The van der Waals surface area contributed by atoms with Crippen molar-refractivity contribution < 1.29 is 4.79 Å². The number of anilines is 3. The lowest BCUT2D eigenvalue weighted by Crippen LogP contribution is -2.29. The van der Waals surface area contributed by atoms with E-state index >= 15 is 0 Å². The first-order valence-corrected chi connectivity index (χ1v) is 9.55. The maximum absolute atomic E-state index is 12.6. The number of aryl methyl sites for hydroxylation is 1. The number of rotatable bonds is 6. The molecule has 0 saturated carbocycles. The molecule has 134 valence electrons. The molecule has 1 N–H and O–H groups in total. The third kappa shape index (κ3) is 4.49. The second-order valence-electron chi connectivity index (χ2n) is 6.52. The zero-order chi connectivity index (χ0) is 18.5. The molecule has 0 atom stereocenters. The number of nitrogens with one attached hydrogen (secondary N) is 1. The SMILES string of the molecule is Cc1csc(N(CC(=O)Nc2ccc(C(C)C)cc2)c2ccccc2)n1. The van der Waals surface area contributed by atoms with Crippen LogP contribution in [0.25, 0.3) is 0 Å². The highest BCUT2D eigenvalue weighted by molar-refractivity contribution is 7.13. The summed E-state index contributed by atoms with van der Waals surface area (Å²) >= 11 is 1.54. The van der Waals surface area contributed by atoms with Gasteiger partial charge in [-0.3, -0.25) is 4.79 Å². The lowest BCUT2D eigenvalue weighted by Gasteiger charge is -2.21. The van der Waals surface area contributed by atoms with E-state index in [1.807, 2.05) is 59.7 Å². The van der Waals surface area contributed by atoms with Crippen LogP contribution in [0.2, 0.25) is 0 Å². The Morgan fingerprint density at radius 1 is 1.12 bits per heavy atom. The maximum Gasteiger partial charge on any atom is 0.244 e. The molecule has 0 fully saturated rings. The van der Waals surface area contributed by atoms with E-state index in [9.17, 15) is 4.79 Å². The van der Waals surface area contributed by atoms with Crippen molar-refractivity contribution in [3.05, 3.63) is 71.2 Å². The molecule has 0 saturated heterocycles. The van der Waals surface area contributed by atoms with E-state index < -0.39 is 0 Å². The topological polar surface area (TPSA) is 45.2 Å². The Balaban J connectivity index is 1.75. The van der Waals surface area contributed by atoms with E-state index in [2.05, 4.69) is 36.3 Å². The summed E-state index contributed by atoms with van der Waals surface area (Å²) in [7, 11) is 0. The fourth-order valence-corrected chi connectivity index (χ4v) is 3.46. The number of nitrogens with zero attached hydrogens (tertiary/aromatic N) is 2. The van der Waals surface area contributed by atoms with Gasteiger partial charge in [0.1, 0.15) is 6.54 Å². The molecule has 0 bridgehead atoms. The van der Waals surface area contributed by atoms with Crippen molar-refractivity contribution in [2.24, 2.45) is 0 Å². The summed E-state index contributed by atoms with van der Waals surface area (Å²) in [5.41, 5.74) is 3.97. The van der Waals surface area contributed by atoms with E-state index in [1.165, 1.54) is 5.56 Å². The highest BCUT2D eigenvalue weighted by Crippen LogP contribution is 2.28. The predicted octanol–water partition coefficient (Wildman–Crippen LogP) is 5.35. The van der Waals surface area contributed by atoms with Crippen molar-refractivity contribution >= 4 is 33.8 Å². The molecular formula is C21H23N3OS. The van der Waals surface area contributed by atoms with Gasteiger partial charge < -0.3 is 10.2 Å². The van der Waals surface area contributed by atoms with Crippen molar-refractivity contribution in [1.82, 2.24) is 4.98 Å². The Labute approximate surface area is 158 Å². The van der Waals surface area contributed by atoms with Gasteiger partial charge in [-0.15, -0.1) is 11.3 Å². The first-order chi connectivity index (χ1) is 12.5. The summed E-state index contributed by atoms with van der Waals surface area (Å²) in [4.78, 5) is 19.1. The molecule has 1 heterocycles. The Kier molecular flexibility index (Phi) is 5.68. The van der Waals surface area contributed by atoms with E-state index in [0.29, 0.717) is 5.92 Å². The van der Waals surface area contributed by atoms with Crippen molar-refractivity contribution in [2.45, 2.75) is 26.7 Å². The Morgan fingerprint density at radius 2 is 1.81 bits per heavy atom. The van der Waals surface area contributed by atoms with Crippen LogP contribution < -0.4 is 10.2 Å². The van der Waals surface area contributed by atoms with E-state index in [-0.39, 0.29) is 12.5 Å². The minimum absolute atomic E-state index is 0.0704. The predicted molar refractivity (Wildman–Crippen MR) is 109 cm³/mol. The molecule has 0 aliphatic heterocycles. The number of amides is 1. The fourth-order valence-electron chi connectivity index (χ4n) is 2.64. The normalized spacial score (nSPS) is 10.8. The van der Waals surface area contributed by atoms with Crippen LogP contribution in [-0.4, -0.2) is 17.4 Å². The molecule has 0 radical (unpaired) electrons. The molecule has 5 heteroatoms. The highest BCUT2D eigenvalue weighted by Gasteiger charge is 2.16. The van der Waals surface area contributed by atoms with Gasteiger partial charge in [0.05, 0.1) is 5.69 Å². The molecule has 3 aromatic rings. The molecule has 4 nitrogen and oxygen atoms in total. The number of carbonyl (C=O) groups excluding carboxylic acids is 1. The van der Waals surface area contributed by atoms with Gasteiger partial charge in [0.15, 0.2) is 5.13 Å². The summed E-state index contributed by atoms with van der Waals surface area (Å²) in [5, 5.41) is 5.79. The first-order valence-electron chi connectivity index (χ1n) is 8.67. The standard InChI is InChI=1S/C21H23N3OS/c1-15(2)17-9-11-18(12-10-17)23-20(25)13-24(19-7-5-4-6-8-19)21-22-16(3)14-26-21/h4-12,14-15H,13H2,1-3H3,(H,23,25). The van der Waals surface area contributed by atoms with Gasteiger partial charge in [-0.1, -0.05) is 44.2 Å². The van der Waals surface area contributed by atoms with Crippen LogP contribution in [0.1, 0.15) is 31.0 Å². The fraction of sp³-hybridized carbons (Fsp3) is 0.238. The average molecular weight is 366 g/mol. The summed E-state index contributed by atoms with van der Waals surface area (Å²) in [5.74, 6) is 0.403. The second-order valence-corrected chi connectivity index (χ2v) is 7.35. The Morgan fingerprint density at radius 3 is 2.38 bits per heavy atom. The summed E-state index contributed by atoms with van der Waals surface area (Å²) in [6, 6.07) is 17.9. The number of hydrogen-bond acceptors (Lipinski definition) is 4. The highest BCUT2D eigenvalue weighted by atomic mass is 32.1. The van der Waals surface area contributed by atoms with Gasteiger partial charge in [-0.2, -0.15) is 0 Å². The minimum atomic E-state index is -0.0704. The van der Waals surface area contributed by atoms with E-state index in [4.69, 9.17) is 0 Å².